The number of aliphatic hydroxyl groups excluding tert-OH is 1. The monoisotopic (exact) mass is 267 g/mol. The van der Waals surface area contributed by atoms with Gasteiger partial charge in [-0.2, -0.15) is 0 Å². The summed E-state index contributed by atoms with van der Waals surface area (Å²) in [4.78, 5) is 26.0. The van der Waals surface area contributed by atoms with Gasteiger partial charge in [-0.25, -0.2) is 0 Å². The summed E-state index contributed by atoms with van der Waals surface area (Å²) in [7, 11) is 0. The van der Waals surface area contributed by atoms with E-state index in [2.05, 4.69) is 6.58 Å². The first-order valence-electron chi connectivity index (χ1n) is 6.34. The third kappa shape index (κ3) is 1.77. The largest absolute Gasteiger partial charge is 0.513 e. The second kappa shape index (κ2) is 4.49. The van der Waals surface area contributed by atoms with Gasteiger partial charge in [-0.3, -0.25) is 14.5 Å². The van der Waals surface area contributed by atoms with Crippen molar-refractivity contribution in [2.45, 2.75) is 6.42 Å². The number of carbonyl (C=O) groups is 2. The number of imide groups is 1. The van der Waals surface area contributed by atoms with E-state index in [1.165, 1.54) is 4.90 Å². The van der Waals surface area contributed by atoms with Crippen LogP contribution in [0.5, 0.6) is 0 Å². The predicted octanol–water partition coefficient (Wildman–Crippen LogP) is 2.90. The Bertz CT molecular complexity index is 698. The molecule has 3 rings (SSSR count). The Labute approximate surface area is 115 Å². The summed E-state index contributed by atoms with van der Waals surface area (Å²) >= 11 is 0. The van der Waals surface area contributed by atoms with Crippen LogP contribution in [0.4, 0.5) is 0 Å². The molecule has 0 spiro atoms. The zero-order chi connectivity index (χ0) is 14.3. The van der Waals surface area contributed by atoms with Crippen LogP contribution in [-0.4, -0.2) is 28.4 Å². The lowest BCUT2D eigenvalue weighted by Crippen LogP contribution is -2.40. The normalized spacial score (nSPS) is 13.9. The van der Waals surface area contributed by atoms with Crippen LogP contribution in [0.2, 0.25) is 0 Å². The van der Waals surface area contributed by atoms with Crippen molar-refractivity contribution in [1.82, 2.24) is 4.90 Å². The lowest BCUT2D eigenvalue weighted by molar-refractivity contribution is 0.0609. The van der Waals surface area contributed by atoms with Gasteiger partial charge < -0.3 is 5.11 Å². The van der Waals surface area contributed by atoms with Crippen molar-refractivity contribution in [2.75, 3.05) is 6.54 Å². The van der Waals surface area contributed by atoms with E-state index in [4.69, 9.17) is 5.11 Å². The van der Waals surface area contributed by atoms with Crippen LogP contribution < -0.4 is 0 Å². The van der Waals surface area contributed by atoms with Crippen molar-refractivity contribution in [3.63, 3.8) is 0 Å². The summed E-state index contributed by atoms with van der Waals surface area (Å²) in [5.74, 6) is -0.677. The summed E-state index contributed by atoms with van der Waals surface area (Å²) in [5, 5.41) is 10.8. The van der Waals surface area contributed by atoms with Gasteiger partial charge in [0.15, 0.2) is 0 Å². The van der Waals surface area contributed by atoms with E-state index in [0.29, 0.717) is 16.5 Å². The molecule has 0 unspecified atom stereocenters. The van der Waals surface area contributed by atoms with Gasteiger partial charge >= 0.3 is 0 Å². The first-order chi connectivity index (χ1) is 9.59. The Kier molecular flexibility index (Phi) is 2.79. The molecule has 1 N–H and O–H groups in total. The van der Waals surface area contributed by atoms with Gasteiger partial charge in [0, 0.05) is 29.5 Å². The first kappa shape index (κ1) is 12.4. The maximum absolute atomic E-state index is 12.4. The summed E-state index contributed by atoms with van der Waals surface area (Å²) in [6, 6.07) is 10.8. The minimum Gasteiger partial charge on any atom is -0.513 e. The standard InChI is InChI=1S/C16H13NO3/c1-10(18)8-9-17-15(19)12-6-2-4-11-5-3-7-13(14(11)12)16(17)20/h2-7,18H,1,8-9H2. The summed E-state index contributed by atoms with van der Waals surface area (Å²) < 4.78 is 0. The van der Waals surface area contributed by atoms with Gasteiger partial charge in [-0.05, 0) is 17.5 Å². The van der Waals surface area contributed by atoms with Gasteiger partial charge in [-0.15, -0.1) is 0 Å². The molecule has 2 aromatic carbocycles. The Morgan fingerprint density at radius 1 is 1.05 bits per heavy atom. The van der Waals surface area contributed by atoms with Crippen molar-refractivity contribution < 1.29 is 14.7 Å². The van der Waals surface area contributed by atoms with E-state index in [0.717, 1.165) is 5.39 Å². The SMILES string of the molecule is C=C(O)CCN1C(=O)c2cccc3cccc(c23)C1=O. The number of hydrogen-bond acceptors (Lipinski definition) is 3. The molecule has 0 fully saturated rings. The Morgan fingerprint density at radius 3 is 2.10 bits per heavy atom. The Hall–Kier alpha value is -2.62. The van der Waals surface area contributed by atoms with Crippen molar-refractivity contribution in [3.8, 4) is 0 Å². The van der Waals surface area contributed by atoms with Gasteiger partial charge in [0.25, 0.3) is 11.8 Å². The lowest BCUT2D eigenvalue weighted by atomic mass is 9.94. The molecule has 2 aromatic rings. The predicted molar refractivity (Wildman–Crippen MR) is 75.7 cm³/mol. The molecule has 1 aliphatic heterocycles. The van der Waals surface area contributed by atoms with Gasteiger partial charge in [-0.1, -0.05) is 30.8 Å². The van der Waals surface area contributed by atoms with Crippen LogP contribution in [-0.2, 0) is 0 Å². The topological polar surface area (TPSA) is 57.6 Å². The number of rotatable bonds is 3. The fraction of sp³-hybridized carbons (Fsp3) is 0.125. The highest BCUT2D eigenvalue weighted by molar-refractivity contribution is 6.25. The summed E-state index contributed by atoms with van der Waals surface area (Å²) in [6.45, 7) is 3.52. The van der Waals surface area contributed by atoms with Crippen molar-refractivity contribution in [1.29, 1.82) is 0 Å². The average molecular weight is 267 g/mol. The maximum Gasteiger partial charge on any atom is 0.261 e. The number of nitrogens with zero attached hydrogens (tertiary/aromatic N) is 1. The molecule has 4 heteroatoms. The molecule has 0 atom stereocenters. The molecule has 1 heterocycles. The molecule has 0 bridgehead atoms. The molecule has 0 saturated heterocycles. The van der Waals surface area contributed by atoms with Crippen LogP contribution >= 0.6 is 0 Å². The third-order valence-electron chi connectivity index (χ3n) is 3.48. The molecule has 0 aliphatic carbocycles. The Morgan fingerprint density at radius 2 is 1.60 bits per heavy atom. The highest BCUT2D eigenvalue weighted by Gasteiger charge is 2.32. The van der Waals surface area contributed by atoms with E-state index in [1.54, 1.807) is 24.3 Å². The van der Waals surface area contributed by atoms with Crippen LogP contribution in [0.3, 0.4) is 0 Å². The minimum absolute atomic E-state index is 0.0392. The van der Waals surface area contributed by atoms with Gasteiger partial charge in [0.05, 0.1) is 5.76 Å². The summed E-state index contributed by atoms with van der Waals surface area (Å²) in [5.41, 5.74) is 1.06. The zero-order valence-corrected chi connectivity index (χ0v) is 10.8. The molecule has 0 saturated carbocycles. The summed E-state index contributed by atoms with van der Waals surface area (Å²) in [6.07, 6.45) is 0.190. The van der Waals surface area contributed by atoms with E-state index in [1.807, 2.05) is 12.1 Å². The molecule has 100 valence electrons. The van der Waals surface area contributed by atoms with Crippen LogP contribution in [0.1, 0.15) is 27.1 Å². The Balaban J connectivity index is 2.14. The van der Waals surface area contributed by atoms with Gasteiger partial charge in [0.1, 0.15) is 0 Å². The quantitative estimate of drug-likeness (QED) is 0.687. The number of hydrogen-bond donors (Lipinski definition) is 1. The van der Waals surface area contributed by atoms with Crippen molar-refractivity contribution >= 4 is 22.6 Å². The van der Waals surface area contributed by atoms with Crippen molar-refractivity contribution in [3.05, 3.63) is 59.9 Å². The molecule has 1 aliphatic rings. The number of amides is 2. The smallest absolute Gasteiger partial charge is 0.261 e. The fourth-order valence-electron chi connectivity index (χ4n) is 2.52. The number of carbonyl (C=O) groups excluding carboxylic acids is 2. The average Bonchev–Trinajstić information content (AvgIpc) is 2.44. The fourth-order valence-corrected chi connectivity index (χ4v) is 2.52. The second-order valence-electron chi connectivity index (χ2n) is 4.79. The zero-order valence-electron chi connectivity index (χ0n) is 10.8. The molecule has 4 nitrogen and oxygen atoms in total. The third-order valence-corrected chi connectivity index (χ3v) is 3.48. The molecule has 20 heavy (non-hydrogen) atoms. The maximum atomic E-state index is 12.4. The second-order valence-corrected chi connectivity index (χ2v) is 4.79. The highest BCUT2D eigenvalue weighted by Crippen LogP contribution is 2.29. The van der Waals surface area contributed by atoms with E-state index < -0.39 is 0 Å². The van der Waals surface area contributed by atoms with E-state index >= 15 is 0 Å². The number of aliphatic hydroxyl groups is 1. The first-order valence-corrected chi connectivity index (χ1v) is 6.34. The van der Waals surface area contributed by atoms with Crippen LogP contribution in [0.25, 0.3) is 10.8 Å². The number of benzene rings is 2. The van der Waals surface area contributed by atoms with E-state index in [9.17, 15) is 9.59 Å². The molecule has 0 aromatic heterocycles. The minimum atomic E-state index is -0.319. The van der Waals surface area contributed by atoms with Crippen molar-refractivity contribution in [2.24, 2.45) is 0 Å². The molecular weight excluding hydrogens is 254 g/mol. The van der Waals surface area contributed by atoms with Gasteiger partial charge in [0.2, 0.25) is 0 Å². The van der Waals surface area contributed by atoms with Crippen LogP contribution in [0, 0.1) is 0 Å². The lowest BCUT2D eigenvalue weighted by Gasteiger charge is -2.27. The molecule has 2 amide bonds. The molecule has 0 radical (unpaired) electrons. The highest BCUT2D eigenvalue weighted by atomic mass is 16.3. The van der Waals surface area contributed by atoms with E-state index in [-0.39, 0.29) is 30.5 Å². The van der Waals surface area contributed by atoms with Crippen LogP contribution in [0.15, 0.2) is 48.7 Å². The molecular formula is C16H13NO3.